The predicted octanol–water partition coefficient (Wildman–Crippen LogP) is 3.41. The van der Waals surface area contributed by atoms with Gasteiger partial charge in [-0.2, -0.15) is 0 Å². The molecule has 2 heterocycles. The third-order valence-corrected chi connectivity index (χ3v) is 4.54. The second-order valence-corrected chi connectivity index (χ2v) is 5.97. The predicted molar refractivity (Wildman–Crippen MR) is 96.4 cm³/mol. The Morgan fingerprint density at radius 3 is 2.57 bits per heavy atom. The number of hydrogen-bond acceptors (Lipinski definition) is 2. The van der Waals surface area contributed by atoms with Gasteiger partial charge in [0, 0.05) is 12.1 Å². The molecular formula is C18H20ClN3O. The van der Waals surface area contributed by atoms with E-state index in [-0.39, 0.29) is 18.1 Å². The van der Waals surface area contributed by atoms with Crippen LogP contribution in [0.5, 0.6) is 0 Å². The first-order valence-corrected chi connectivity index (χ1v) is 7.83. The summed E-state index contributed by atoms with van der Waals surface area (Å²) in [6, 6.07) is 14.7. The number of halogens is 1. The summed E-state index contributed by atoms with van der Waals surface area (Å²) in [5.41, 5.74) is 5.15. The van der Waals surface area contributed by atoms with Crippen LogP contribution in [0.3, 0.4) is 0 Å². The smallest absolute Gasteiger partial charge is 0.316 e. The van der Waals surface area contributed by atoms with Gasteiger partial charge in [-0.15, -0.1) is 12.4 Å². The van der Waals surface area contributed by atoms with Gasteiger partial charge in [0.25, 0.3) is 0 Å². The lowest BCUT2D eigenvalue weighted by Gasteiger charge is -2.23. The lowest BCUT2D eigenvalue weighted by atomic mass is 9.90. The topological polar surface area (TPSA) is 60.7 Å². The molecule has 5 heteroatoms. The highest BCUT2D eigenvalue weighted by Crippen LogP contribution is 2.29. The monoisotopic (exact) mass is 329 g/mol. The molecule has 1 aliphatic heterocycles. The molecule has 120 valence electrons. The van der Waals surface area contributed by atoms with E-state index in [2.05, 4.69) is 39.6 Å². The molecule has 3 N–H and O–H groups in total. The van der Waals surface area contributed by atoms with E-state index in [1.807, 2.05) is 18.2 Å². The van der Waals surface area contributed by atoms with Crippen molar-refractivity contribution in [1.29, 1.82) is 0 Å². The van der Waals surface area contributed by atoms with Crippen molar-refractivity contribution >= 4 is 23.4 Å². The largest absolute Gasteiger partial charge is 0.323 e. The lowest BCUT2D eigenvalue weighted by molar-refractivity contribution is 0.461. The minimum Gasteiger partial charge on any atom is -0.316 e. The molecule has 4 nitrogen and oxygen atoms in total. The number of nitrogens with one attached hydrogen (secondary N) is 3. The quantitative estimate of drug-likeness (QED) is 0.674. The first-order chi connectivity index (χ1) is 10.8. The molecule has 3 aromatic rings. The Hall–Kier alpha value is -2.04. The number of imidazole rings is 1. The van der Waals surface area contributed by atoms with Gasteiger partial charge in [0.15, 0.2) is 0 Å². The minimum absolute atomic E-state index is 0. The van der Waals surface area contributed by atoms with Crippen molar-refractivity contribution in [2.45, 2.75) is 18.8 Å². The Bertz CT molecular complexity index is 845. The van der Waals surface area contributed by atoms with Gasteiger partial charge in [-0.1, -0.05) is 36.4 Å². The number of aromatic nitrogens is 2. The molecule has 0 spiro atoms. The normalized spacial score (nSPS) is 17.8. The van der Waals surface area contributed by atoms with E-state index in [9.17, 15) is 4.79 Å². The van der Waals surface area contributed by atoms with Gasteiger partial charge < -0.3 is 15.3 Å². The van der Waals surface area contributed by atoms with Crippen LogP contribution in [0, 0.1) is 0 Å². The van der Waals surface area contributed by atoms with E-state index in [0.717, 1.165) is 35.2 Å². The highest BCUT2D eigenvalue weighted by Gasteiger charge is 2.15. The number of rotatable bonds is 2. The summed E-state index contributed by atoms with van der Waals surface area (Å²) in [5.74, 6) is 0.616. The lowest BCUT2D eigenvalue weighted by Crippen LogP contribution is -2.28. The summed E-state index contributed by atoms with van der Waals surface area (Å²) in [6.07, 6.45) is 2.50. The van der Waals surface area contributed by atoms with Crippen molar-refractivity contribution in [3.8, 4) is 11.1 Å². The maximum absolute atomic E-state index is 11.5. The molecule has 1 aliphatic rings. The van der Waals surface area contributed by atoms with Crippen molar-refractivity contribution in [3.05, 3.63) is 58.5 Å². The average molecular weight is 330 g/mol. The fraction of sp³-hybridized carbons (Fsp3) is 0.278. The van der Waals surface area contributed by atoms with Crippen LogP contribution in [0.25, 0.3) is 22.2 Å². The molecule has 1 aromatic heterocycles. The molecule has 1 atom stereocenters. The third kappa shape index (κ3) is 3.05. The molecule has 0 aliphatic carbocycles. The summed E-state index contributed by atoms with van der Waals surface area (Å²) in [6.45, 7) is 2.21. The van der Waals surface area contributed by atoms with E-state index >= 15 is 0 Å². The number of para-hydroxylation sites is 1. The molecule has 4 rings (SSSR count). The van der Waals surface area contributed by atoms with E-state index in [1.54, 1.807) is 0 Å². The zero-order valence-electron chi connectivity index (χ0n) is 12.8. The molecule has 23 heavy (non-hydrogen) atoms. The van der Waals surface area contributed by atoms with Gasteiger partial charge in [-0.05, 0) is 42.5 Å². The van der Waals surface area contributed by atoms with Crippen molar-refractivity contribution in [3.63, 3.8) is 0 Å². The Morgan fingerprint density at radius 1 is 1.00 bits per heavy atom. The van der Waals surface area contributed by atoms with Gasteiger partial charge >= 0.3 is 5.69 Å². The van der Waals surface area contributed by atoms with Crippen LogP contribution in [-0.2, 0) is 0 Å². The standard InChI is InChI=1S/C18H19N3O.ClH/c22-18-20-16-5-1-4-15(17(16)21-18)13-8-6-12(7-9-13)14-3-2-10-19-11-14;/h1,4-9,14,19H,2-3,10-11H2,(H2,20,21,22);1H. The van der Waals surface area contributed by atoms with Crippen molar-refractivity contribution in [1.82, 2.24) is 15.3 Å². The first kappa shape index (κ1) is 15.8. The van der Waals surface area contributed by atoms with Gasteiger partial charge in [-0.25, -0.2) is 4.79 Å². The Kier molecular flexibility index (Phi) is 4.55. The SMILES string of the molecule is Cl.O=c1[nH]c2cccc(-c3ccc(C4CCCNC4)cc3)c2[nH]1. The van der Waals surface area contributed by atoms with Crippen LogP contribution in [0.2, 0.25) is 0 Å². The number of fused-ring (bicyclic) bond motifs is 1. The number of hydrogen-bond donors (Lipinski definition) is 3. The van der Waals surface area contributed by atoms with Gasteiger partial charge in [0.2, 0.25) is 0 Å². The molecule has 1 fully saturated rings. The summed E-state index contributed by atoms with van der Waals surface area (Å²) in [4.78, 5) is 17.2. The van der Waals surface area contributed by atoms with Crippen LogP contribution in [-0.4, -0.2) is 23.1 Å². The molecule has 0 saturated carbocycles. The highest BCUT2D eigenvalue weighted by atomic mass is 35.5. The molecule has 1 unspecified atom stereocenters. The molecule has 2 aromatic carbocycles. The van der Waals surface area contributed by atoms with Crippen LogP contribution < -0.4 is 11.0 Å². The zero-order valence-corrected chi connectivity index (χ0v) is 13.6. The van der Waals surface area contributed by atoms with E-state index in [0.29, 0.717) is 5.92 Å². The maximum atomic E-state index is 11.5. The molecule has 0 bridgehead atoms. The molecule has 0 radical (unpaired) electrons. The van der Waals surface area contributed by atoms with Gasteiger partial charge in [-0.3, -0.25) is 0 Å². The number of benzene rings is 2. The maximum Gasteiger partial charge on any atom is 0.323 e. The van der Waals surface area contributed by atoms with Crippen molar-refractivity contribution < 1.29 is 0 Å². The van der Waals surface area contributed by atoms with E-state index < -0.39 is 0 Å². The van der Waals surface area contributed by atoms with Crippen molar-refractivity contribution in [2.24, 2.45) is 0 Å². The summed E-state index contributed by atoms with van der Waals surface area (Å²) in [5, 5.41) is 3.46. The van der Waals surface area contributed by atoms with E-state index in [1.165, 1.54) is 18.4 Å². The average Bonchev–Trinajstić information content (AvgIpc) is 2.96. The first-order valence-electron chi connectivity index (χ1n) is 7.83. The second-order valence-electron chi connectivity index (χ2n) is 5.97. The summed E-state index contributed by atoms with van der Waals surface area (Å²) >= 11 is 0. The van der Waals surface area contributed by atoms with Gasteiger partial charge in [0.1, 0.15) is 0 Å². The second kappa shape index (κ2) is 6.60. The number of aromatic amines is 2. The Labute approximate surface area is 140 Å². The molecular weight excluding hydrogens is 310 g/mol. The van der Waals surface area contributed by atoms with Crippen LogP contribution in [0.4, 0.5) is 0 Å². The molecule has 1 saturated heterocycles. The Morgan fingerprint density at radius 2 is 1.83 bits per heavy atom. The minimum atomic E-state index is -0.160. The van der Waals surface area contributed by atoms with Crippen molar-refractivity contribution in [2.75, 3.05) is 13.1 Å². The van der Waals surface area contributed by atoms with Crippen LogP contribution >= 0.6 is 12.4 Å². The fourth-order valence-electron chi connectivity index (χ4n) is 3.37. The summed E-state index contributed by atoms with van der Waals surface area (Å²) in [7, 11) is 0. The fourth-order valence-corrected chi connectivity index (χ4v) is 3.37. The highest BCUT2D eigenvalue weighted by molar-refractivity contribution is 5.91. The Balaban J connectivity index is 0.00000156. The zero-order chi connectivity index (χ0) is 14.9. The summed E-state index contributed by atoms with van der Waals surface area (Å²) < 4.78 is 0. The number of piperidine rings is 1. The van der Waals surface area contributed by atoms with Crippen LogP contribution in [0.15, 0.2) is 47.3 Å². The van der Waals surface area contributed by atoms with E-state index in [4.69, 9.17) is 0 Å². The van der Waals surface area contributed by atoms with Crippen LogP contribution in [0.1, 0.15) is 24.3 Å². The molecule has 0 amide bonds. The number of H-pyrrole nitrogens is 2. The third-order valence-electron chi connectivity index (χ3n) is 4.54. The van der Waals surface area contributed by atoms with Gasteiger partial charge in [0.05, 0.1) is 11.0 Å².